The van der Waals surface area contributed by atoms with Gasteiger partial charge in [0.25, 0.3) is 0 Å². The first-order valence-corrected chi connectivity index (χ1v) is 38.8. The van der Waals surface area contributed by atoms with Gasteiger partial charge in [-0.25, -0.2) is 47.9 Å². The van der Waals surface area contributed by atoms with Gasteiger partial charge in [-0.3, -0.25) is 4.79 Å². The quantitative estimate of drug-likeness (QED) is 0.00651. The van der Waals surface area contributed by atoms with Gasteiger partial charge < -0.3 is 75.8 Å². The van der Waals surface area contributed by atoms with Crippen LogP contribution >= 0.6 is 0 Å². The lowest BCUT2D eigenvalue weighted by molar-refractivity contribution is -0.140. The van der Waals surface area contributed by atoms with Crippen molar-refractivity contribution in [2.24, 2.45) is 0 Å². The maximum Gasteiger partial charge on any atom is 0.513 e. The molecule has 0 fully saturated rings. The highest BCUT2D eigenvalue weighted by Gasteiger charge is 2.22. The predicted octanol–water partition coefficient (Wildman–Crippen LogP) is 17.6. The predicted molar refractivity (Wildman–Crippen MR) is 446 cm³/mol. The first kappa shape index (κ1) is 90.6. The van der Waals surface area contributed by atoms with Crippen molar-refractivity contribution in [2.45, 2.75) is 71.6 Å². The fourth-order valence-electron chi connectivity index (χ4n) is 11.5. The molecule has 628 valence electrons. The van der Waals surface area contributed by atoms with Crippen LogP contribution in [0.3, 0.4) is 0 Å². The van der Waals surface area contributed by atoms with Crippen LogP contribution in [0.2, 0.25) is 0 Å². The fourth-order valence-corrected chi connectivity index (χ4v) is 11.5. The van der Waals surface area contributed by atoms with Crippen LogP contribution in [0.1, 0.15) is 122 Å². The molecule has 10 aromatic carbocycles. The zero-order valence-electron chi connectivity index (χ0n) is 66.8. The zero-order chi connectivity index (χ0) is 86.3. The Hall–Kier alpha value is -14.3. The molecule has 0 saturated carbocycles. The third-order valence-corrected chi connectivity index (χ3v) is 17.7. The van der Waals surface area contributed by atoms with Gasteiger partial charge >= 0.3 is 60.1 Å². The van der Waals surface area contributed by atoms with E-state index in [0.717, 1.165) is 71.5 Å². The number of ether oxygens (including phenoxy) is 16. The Kier molecular flexibility index (Phi) is 35.8. The van der Waals surface area contributed by atoms with Crippen LogP contribution in [0.4, 0.5) is 9.59 Å². The maximum atomic E-state index is 13.3. The summed E-state index contributed by atoms with van der Waals surface area (Å²) in [5.41, 5.74) is 1.80. The summed E-state index contributed by atoms with van der Waals surface area (Å²) < 4.78 is 85.4. The number of carbonyl (C=O) groups excluding carboxylic acids is 11. The van der Waals surface area contributed by atoms with E-state index in [-0.39, 0.29) is 91.5 Å². The van der Waals surface area contributed by atoms with Crippen molar-refractivity contribution in [3.63, 3.8) is 0 Å². The highest BCUT2D eigenvalue weighted by Crippen LogP contribution is 2.33. The molecule has 0 saturated heterocycles. The minimum absolute atomic E-state index is 0.0173. The van der Waals surface area contributed by atoms with Crippen LogP contribution in [0.5, 0.6) is 46.0 Å². The maximum absolute atomic E-state index is 13.3. The van der Waals surface area contributed by atoms with Gasteiger partial charge in [-0.15, -0.1) is 0 Å². The molecular formula is C94H90O27. The Bertz CT molecular complexity index is 5410. The van der Waals surface area contributed by atoms with Gasteiger partial charge in [-0.1, -0.05) is 81.8 Å². The molecule has 0 radical (unpaired) electrons. The molecule has 10 aromatic rings. The second-order valence-electron chi connectivity index (χ2n) is 26.5. The van der Waals surface area contributed by atoms with E-state index in [1.165, 1.54) is 24.3 Å². The molecule has 0 atom stereocenters. The summed E-state index contributed by atoms with van der Waals surface area (Å²) in [6.07, 6.45) is 8.58. The minimum atomic E-state index is -0.853. The number of ketones is 1. The van der Waals surface area contributed by atoms with Crippen LogP contribution < -0.4 is 37.9 Å². The summed E-state index contributed by atoms with van der Waals surface area (Å²) in [5.74, 6) is -2.30. The number of Topliss-reactive ketones (excluding diaryl/α,β-unsaturated/α-hetero) is 1. The largest absolute Gasteiger partial charge is 0.513 e. The van der Waals surface area contributed by atoms with E-state index in [9.17, 15) is 52.7 Å². The fraction of sp³-hybridized carbons (Fsp3) is 0.245. The number of rotatable bonds is 44. The van der Waals surface area contributed by atoms with E-state index in [2.05, 4.69) is 26.3 Å². The Labute approximate surface area is 697 Å². The molecule has 10 rings (SSSR count). The van der Waals surface area contributed by atoms with Crippen molar-refractivity contribution in [3.05, 3.63) is 266 Å². The van der Waals surface area contributed by atoms with E-state index in [0.29, 0.717) is 127 Å². The number of benzene rings is 10. The highest BCUT2D eigenvalue weighted by atomic mass is 16.7. The molecule has 0 spiro atoms. The second kappa shape index (κ2) is 47.8. The standard InChI is InChI=1S/C51H50O15.C43H40O12/c1-4-44(52)43-33-42(63-48(55)38-17-15-36-31-40(21-19-34(36)29-38)64-50(57)61-27-13-9-7-11-25-59-46(53)5-2)23-24-45(43)66-49(56)39-18-16-37-32-41(22-20-35(37)30-39)65-51(58)62-28-14-10-8-12-26-60-47(54)6-3;1-4-40(44)52-22-18-48-16-20-50-36-12-10-30-25-34(8-6-32(30)27-36)42(46)54-38-14-15-39(29(3)24-38)55-43(47)35-9-7-33-28-37(13-11-31(33)26-35)51-21-17-49-19-23-53-41(45)5-2/h5-6,15-24,29-33H,2-4,7-14,25-28H2,1H3;4-15,24-28H,1-2,16-23H2,3H3. The number of hydrogen-bond donors (Lipinski definition) is 0. The molecule has 121 heavy (non-hydrogen) atoms. The molecular weight excluding hydrogens is 1560 g/mol. The van der Waals surface area contributed by atoms with E-state index < -0.39 is 60.1 Å². The van der Waals surface area contributed by atoms with Crippen LogP contribution in [-0.2, 0) is 57.1 Å². The van der Waals surface area contributed by atoms with E-state index in [1.54, 1.807) is 135 Å². The Balaban J connectivity index is 0.000000279. The van der Waals surface area contributed by atoms with Gasteiger partial charge in [0, 0.05) is 30.7 Å². The molecule has 0 aromatic heterocycles. The summed E-state index contributed by atoms with van der Waals surface area (Å²) in [7, 11) is 0. The number of fused-ring (bicyclic) bond motifs is 4. The molecule has 0 bridgehead atoms. The third kappa shape index (κ3) is 29.7. The van der Waals surface area contributed by atoms with Gasteiger partial charge in [0.2, 0.25) is 0 Å². The first-order chi connectivity index (χ1) is 58.7. The van der Waals surface area contributed by atoms with Crippen molar-refractivity contribution in [1.29, 1.82) is 0 Å². The van der Waals surface area contributed by atoms with Crippen LogP contribution in [-0.4, -0.2) is 145 Å². The number of hydrogen-bond acceptors (Lipinski definition) is 27. The second-order valence-corrected chi connectivity index (χ2v) is 26.5. The lowest BCUT2D eigenvalue weighted by atomic mass is 10.1. The van der Waals surface area contributed by atoms with Crippen LogP contribution in [0.25, 0.3) is 43.1 Å². The number of esters is 8. The van der Waals surface area contributed by atoms with E-state index in [1.807, 2.05) is 36.4 Å². The SMILES string of the molecule is C=CC(=O)OCCCCCCOC(=O)Oc1ccc2cc(C(=O)Oc3ccc(OC(=O)c4ccc5cc(OC(=O)OCCCCCCOC(=O)C=C)ccc5c4)c(C(=O)CC)c3)ccc2c1.C=CC(=O)OCCOCCOc1ccc2cc(C(=O)Oc3ccc(OC(=O)c4ccc5cc(OCCOCCOC(=O)C=C)ccc5c4)c(C)c3)ccc2c1. The van der Waals surface area contributed by atoms with Gasteiger partial charge in [0.1, 0.15) is 72.4 Å². The molecule has 27 heteroatoms. The van der Waals surface area contributed by atoms with Crippen molar-refractivity contribution in [1.82, 2.24) is 0 Å². The molecule has 0 amide bonds. The minimum Gasteiger partial charge on any atom is -0.491 e. The molecule has 0 unspecified atom stereocenters. The van der Waals surface area contributed by atoms with Gasteiger partial charge in [-0.05, 0) is 240 Å². The van der Waals surface area contributed by atoms with Crippen LogP contribution in [0, 0.1) is 6.92 Å². The number of carbonyl (C=O) groups is 11. The zero-order valence-corrected chi connectivity index (χ0v) is 66.8. The Morgan fingerprint density at radius 1 is 0.273 bits per heavy atom. The Morgan fingerprint density at radius 3 is 0.934 bits per heavy atom. The van der Waals surface area contributed by atoms with Crippen molar-refractivity contribution in [3.8, 4) is 46.0 Å². The lowest BCUT2D eigenvalue weighted by Gasteiger charge is -2.12. The van der Waals surface area contributed by atoms with Crippen molar-refractivity contribution >= 4 is 109 Å². The summed E-state index contributed by atoms with van der Waals surface area (Å²) >= 11 is 0. The van der Waals surface area contributed by atoms with Crippen LogP contribution in [0.15, 0.2) is 233 Å². The summed E-state index contributed by atoms with van der Waals surface area (Å²) in [4.78, 5) is 134. The smallest absolute Gasteiger partial charge is 0.491 e. The van der Waals surface area contributed by atoms with Crippen molar-refractivity contribution < 1.29 is 129 Å². The normalized spacial score (nSPS) is 10.7. The third-order valence-electron chi connectivity index (χ3n) is 17.7. The summed E-state index contributed by atoms with van der Waals surface area (Å²) in [6, 6.07) is 49.8. The monoisotopic (exact) mass is 1650 g/mol. The number of aryl methyl sites for hydroxylation is 1. The topological polar surface area (TPSA) is 335 Å². The van der Waals surface area contributed by atoms with Gasteiger partial charge in [0.05, 0.1) is 80.7 Å². The van der Waals surface area contributed by atoms with Crippen molar-refractivity contribution in [2.75, 3.05) is 79.3 Å². The van der Waals surface area contributed by atoms with Gasteiger partial charge in [-0.2, -0.15) is 0 Å². The first-order valence-electron chi connectivity index (χ1n) is 38.8. The summed E-state index contributed by atoms with van der Waals surface area (Å²) in [6.45, 7) is 19.8. The number of unbranched alkanes of at least 4 members (excludes halogenated alkanes) is 6. The molecule has 0 N–H and O–H groups in total. The molecule has 0 aliphatic carbocycles. The molecule has 0 heterocycles. The highest BCUT2D eigenvalue weighted by molar-refractivity contribution is 6.03. The molecule has 0 aliphatic rings. The average molecular weight is 1650 g/mol. The van der Waals surface area contributed by atoms with E-state index >= 15 is 0 Å². The van der Waals surface area contributed by atoms with Gasteiger partial charge in [0.15, 0.2) is 5.78 Å². The average Bonchev–Trinajstić information content (AvgIpc) is 0.819. The molecule has 0 aliphatic heterocycles. The lowest BCUT2D eigenvalue weighted by Crippen LogP contribution is -2.13. The Morgan fingerprint density at radius 2 is 0.562 bits per heavy atom. The van der Waals surface area contributed by atoms with E-state index in [4.69, 9.17) is 75.8 Å². The molecule has 27 nitrogen and oxygen atoms in total. The summed E-state index contributed by atoms with van der Waals surface area (Å²) in [5, 5.41) is 6.08.